The highest BCUT2D eigenvalue weighted by atomic mass is 16.6. The highest BCUT2D eigenvalue weighted by Gasteiger charge is 2.18. The fraction of sp³-hybridized carbons (Fsp3) is 0.154. The molecule has 0 atom stereocenters. The van der Waals surface area contributed by atoms with Gasteiger partial charge in [0.1, 0.15) is 11.5 Å². The minimum atomic E-state index is -0.667. The normalized spacial score (nSPS) is 10.0. The Morgan fingerprint density at radius 3 is 2.41 bits per heavy atom. The molecular formula is C13H13N5O4. The van der Waals surface area contributed by atoms with Crippen molar-refractivity contribution in [3.8, 4) is 0 Å². The predicted molar refractivity (Wildman–Crippen MR) is 81.0 cm³/mol. The van der Waals surface area contributed by atoms with Crippen LogP contribution in [0.1, 0.15) is 0 Å². The Labute approximate surface area is 125 Å². The lowest BCUT2D eigenvalue weighted by atomic mass is 10.2. The second kappa shape index (κ2) is 6.97. The van der Waals surface area contributed by atoms with Gasteiger partial charge in [-0.1, -0.05) is 6.07 Å². The topological polar surface area (TPSA) is 123 Å². The predicted octanol–water partition coefficient (Wildman–Crippen LogP) is 2.42. The Morgan fingerprint density at radius 2 is 1.77 bits per heavy atom. The van der Waals surface area contributed by atoms with E-state index in [0.29, 0.717) is 18.9 Å². The number of hydrogen-bond donors (Lipinski definition) is 2. The second-order valence-corrected chi connectivity index (χ2v) is 4.28. The number of benzene rings is 1. The Morgan fingerprint density at radius 1 is 1.00 bits per heavy atom. The molecule has 1 aromatic heterocycles. The minimum Gasteiger partial charge on any atom is -0.378 e. The summed E-state index contributed by atoms with van der Waals surface area (Å²) in [5.41, 5.74) is -0.408. The molecule has 2 N–H and O–H groups in total. The zero-order valence-electron chi connectivity index (χ0n) is 11.4. The molecule has 2 aromatic rings. The number of aromatic nitrogens is 1. The molecule has 2 rings (SSSR count). The van der Waals surface area contributed by atoms with Crippen LogP contribution < -0.4 is 10.6 Å². The van der Waals surface area contributed by atoms with Crippen molar-refractivity contribution in [2.45, 2.75) is 0 Å². The van der Waals surface area contributed by atoms with E-state index in [1.807, 2.05) is 6.07 Å². The number of rotatable bonds is 7. The Balaban J connectivity index is 1.97. The Bertz CT molecular complexity index is 677. The van der Waals surface area contributed by atoms with Crippen molar-refractivity contribution in [1.82, 2.24) is 4.98 Å². The number of nitro benzene ring substituents is 2. The van der Waals surface area contributed by atoms with Gasteiger partial charge in [-0.2, -0.15) is 0 Å². The van der Waals surface area contributed by atoms with E-state index in [2.05, 4.69) is 15.6 Å². The van der Waals surface area contributed by atoms with Crippen molar-refractivity contribution in [2.24, 2.45) is 0 Å². The smallest absolute Gasteiger partial charge is 0.299 e. The maximum atomic E-state index is 11.0. The SMILES string of the molecule is O=[N+]([O-])c1ccc(NCCNc2ccccn2)c([N+](=O)[O-])c1. The van der Waals surface area contributed by atoms with Gasteiger partial charge in [0.05, 0.1) is 15.9 Å². The molecule has 1 aromatic carbocycles. The first-order valence-electron chi connectivity index (χ1n) is 6.39. The number of nitro groups is 2. The molecule has 9 nitrogen and oxygen atoms in total. The zero-order valence-corrected chi connectivity index (χ0v) is 11.4. The molecule has 0 bridgehead atoms. The third kappa shape index (κ3) is 3.88. The second-order valence-electron chi connectivity index (χ2n) is 4.28. The van der Waals surface area contributed by atoms with Crippen LogP contribution in [0.2, 0.25) is 0 Å². The third-order valence-corrected chi connectivity index (χ3v) is 2.80. The van der Waals surface area contributed by atoms with Crippen LogP contribution in [0.25, 0.3) is 0 Å². The van der Waals surface area contributed by atoms with Gasteiger partial charge in [-0.3, -0.25) is 20.2 Å². The lowest BCUT2D eigenvalue weighted by molar-refractivity contribution is -0.393. The van der Waals surface area contributed by atoms with E-state index in [1.54, 1.807) is 18.3 Å². The average molecular weight is 303 g/mol. The van der Waals surface area contributed by atoms with Gasteiger partial charge in [-0.15, -0.1) is 0 Å². The van der Waals surface area contributed by atoms with Crippen molar-refractivity contribution >= 4 is 22.9 Å². The molecule has 0 amide bonds. The molecule has 0 fully saturated rings. The molecule has 0 aliphatic heterocycles. The summed E-state index contributed by atoms with van der Waals surface area (Å²) in [6.07, 6.45) is 1.65. The highest BCUT2D eigenvalue weighted by molar-refractivity contribution is 5.65. The van der Waals surface area contributed by atoms with E-state index in [4.69, 9.17) is 0 Å². The van der Waals surface area contributed by atoms with E-state index in [-0.39, 0.29) is 17.1 Å². The van der Waals surface area contributed by atoms with E-state index in [1.165, 1.54) is 12.1 Å². The highest BCUT2D eigenvalue weighted by Crippen LogP contribution is 2.28. The van der Waals surface area contributed by atoms with Crippen LogP contribution >= 0.6 is 0 Å². The number of nitrogens with one attached hydrogen (secondary N) is 2. The van der Waals surface area contributed by atoms with E-state index < -0.39 is 9.85 Å². The molecule has 0 unspecified atom stereocenters. The van der Waals surface area contributed by atoms with Gasteiger partial charge in [-0.25, -0.2) is 4.98 Å². The van der Waals surface area contributed by atoms with Crippen LogP contribution in [0.15, 0.2) is 42.6 Å². The molecule has 22 heavy (non-hydrogen) atoms. The van der Waals surface area contributed by atoms with Crippen molar-refractivity contribution in [3.63, 3.8) is 0 Å². The number of non-ortho nitro benzene ring substituents is 1. The molecular weight excluding hydrogens is 290 g/mol. The van der Waals surface area contributed by atoms with Crippen molar-refractivity contribution in [1.29, 1.82) is 0 Å². The number of anilines is 2. The van der Waals surface area contributed by atoms with Gasteiger partial charge in [0.2, 0.25) is 0 Å². The lowest BCUT2D eigenvalue weighted by Gasteiger charge is -2.08. The van der Waals surface area contributed by atoms with Crippen LogP contribution in [-0.2, 0) is 0 Å². The van der Waals surface area contributed by atoms with Crippen LogP contribution in [-0.4, -0.2) is 27.9 Å². The standard InChI is InChI=1S/C13H13N5O4/c19-17(20)10-4-5-11(12(9-10)18(21)22)14-7-8-16-13-3-1-2-6-15-13/h1-6,9,14H,7-8H2,(H,15,16). The molecule has 9 heteroatoms. The lowest BCUT2D eigenvalue weighted by Crippen LogP contribution is -2.15. The molecule has 0 aliphatic carbocycles. The van der Waals surface area contributed by atoms with Gasteiger partial charge >= 0.3 is 0 Å². The molecule has 114 valence electrons. The number of hydrogen-bond acceptors (Lipinski definition) is 7. The van der Waals surface area contributed by atoms with Gasteiger partial charge in [-0.05, 0) is 18.2 Å². The average Bonchev–Trinajstić information content (AvgIpc) is 2.52. The molecule has 0 spiro atoms. The number of nitrogens with zero attached hydrogens (tertiary/aromatic N) is 3. The zero-order chi connectivity index (χ0) is 15.9. The van der Waals surface area contributed by atoms with E-state index >= 15 is 0 Å². The van der Waals surface area contributed by atoms with Crippen LogP contribution in [0.3, 0.4) is 0 Å². The summed E-state index contributed by atoms with van der Waals surface area (Å²) in [5, 5.41) is 27.5. The summed E-state index contributed by atoms with van der Waals surface area (Å²) in [6.45, 7) is 0.889. The quantitative estimate of drug-likeness (QED) is 0.457. The van der Waals surface area contributed by atoms with E-state index in [9.17, 15) is 20.2 Å². The van der Waals surface area contributed by atoms with Gasteiger partial charge in [0.15, 0.2) is 0 Å². The largest absolute Gasteiger partial charge is 0.378 e. The van der Waals surface area contributed by atoms with Gasteiger partial charge in [0, 0.05) is 25.4 Å². The Hall–Kier alpha value is -3.23. The maximum absolute atomic E-state index is 11.0. The molecule has 0 radical (unpaired) electrons. The van der Waals surface area contributed by atoms with Crippen LogP contribution in [0, 0.1) is 20.2 Å². The van der Waals surface area contributed by atoms with Crippen molar-refractivity contribution < 1.29 is 9.85 Å². The Kier molecular flexibility index (Phi) is 4.81. The maximum Gasteiger partial charge on any atom is 0.299 e. The first-order chi connectivity index (χ1) is 10.6. The summed E-state index contributed by atoms with van der Waals surface area (Å²) in [5.74, 6) is 0.697. The fourth-order valence-corrected chi connectivity index (χ4v) is 1.79. The fourth-order valence-electron chi connectivity index (χ4n) is 1.79. The summed E-state index contributed by atoms with van der Waals surface area (Å²) >= 11 is 0. The summed E-state index contributed by atoms with van der Waals surface area (Å²) in [7, 11) is 0. The third-order valence-electron chi connectivity index (χ3n) is 2.80. The minimum absolute atomic E-state index is 0.235. The number of pyridine rings is 1. The van der Waals surface area contributed by atoms with Gasteiger partial charge in [0.25, 0.3) is 11.4 Å². The first-order valence-corrected chi connectivity index (χ1v) is 6.39. The van der Waals surface area contributed by atoms with Crippen molar-refractivity contribution in [2.75, 3.05) is 23.7 Å². The summed E-state index contributed by atoms with van der Waals surface area (Å²) in [6, 6.07) is 8.93. The van der Waals surface area contributed by atoms with Gasteiger partial charge < -0.3 is 10.6 Å². The molecule has 1 heterocycles. The van der Waals surface area contributed by atoms with Crippen LogP contribution in [0.5, 0.6) is 0 Å². The summed E-state index contributed by atoms with van der Waals surface area (Å²) < 4.78 is 0. The van der Waals surface area contributed by atoms with Crippen LogP contribution in [0.4, 0.5) is 22.9 Å². The summed E-state index contributed by atoms with van der Waals surface area (Å²) in [4.78, 5) is 24.4. The van der Waals surface area contributed by atoms with E-state index in [0.717, 1.165) is 6.07 Å². The first kappa shape index (κ1) is 15.2. The molecule has 0 saturated carbocycles. The molecule has 0 saturated heterocycles. The van der Waals surface area contributed by atoms with Crippen molar-refractivity contribution in [3.05, 3.63) is 62.8 Å². The monoisotopic (exact) mass is 303 g/mol. The molecule has 0 aliphatic rings.